The van der Waals surface area contributed by atoms with E-state index < -0.39 is 29.9 Å². The number of benzene rings is 2. The number of carbonyl (C=O) groups excluding carboxylic acids is 1. The Bertz CT molecular complexity index is 1020. The Balaban J connectivity index is 1.63. The fraction of sp³-hybridized carbons (Fsp3) is 0.238. The molecule has 10 heteroatoms. The third-order valence-electron chi connectivity index (χ3n) is 4.78. The second-order valence-corrected chi connectivity index (χ2v) is 7.86. The van der Waals surface area contributed by atoms with E-state index in [-0.39, 0.29) is 18.6 Å². The van der Waals surface area contributed by atoms with Crippen LogP contribution < -0.4 is 20.3 Å². The molecule has 3 rings (SSSR count). The number of halogens is 3. The molecule has 0 saturated carbocycles. The Labute approximate surface area is 186 Å². The predicted molar refractivity (Wildman–Crippen MR) is 116 cm³/mol. The van der Waals surface area contributed by atoms with Crippen LogP contribution in [-0.4, -0.2) is 43.3 Å². The van der Waals surface area contributed by atoms with Crippen molar-refractivity contribution >= 4 is 33.9 Å². The van der Waals surface area contributed by atoms with E-state index in [4.69, 9.17) is 10.1 Å². The summed E-state index contributed by atoms with van der Waals surface area (Å²) in [6.45, 7) is 0.0372. The first kappa shape index (κ1) is 22.7. The lowest BCUT2D eigenvalue weighted by Gasteiger charge is -2.29. The van der Waals surface area contributed by atoms with Gasteiger partial charge in [0.2, 0.25) is 0 Å². The molecule has 0 fully saturated rings. The number of hydrogen-bond donors (Lipinski definition) is 4. The second-order valence-electron chi connectivity index (χ2n) is 6.95. The highest BCUT2D eigenvalue weighted by Gasteiger charge is 2.30. The number of urea groups is 1. The molecule has 0 bridgehead atoms. The van der Waals surface area contributed by atoms with E-state index in [9.17, 15) is 18.7 Å². The van der Waals surface area contributed by atoms with Gasteiger partial charge in [-0.2, -0.15) is 0 Å². The zero-order valence-corrected chi connectivity index (χ0v) is 18.1. The summed E-state index contributed by atoms with van der Waals surface area (Å²) in [4.78, 5) is 13.9. The monoisotopic (exact) mass is 494 g/mol. The quantitative estimate of drug-likeness (QED) is 0.479. The van der Waals surface area contributed by atoms with Crippen molar-refractivity contribution in [1.29, 1.82) is 5.41 Å². The third-order valence-corrected chi connectivity index (χ3v) is 5.27. The van der Waals surface area contributed by atoms with Gasteiger partial charge in [0.05, 0.1) is 5.69 Å². The predicted octanol–water partition coefficient (Wildman–Crippen LogP) is 3.32. The number of amides is 2. The van der Waals surface area contributed by atoms with Crippen LogP contribution in [0, 0.1) is 17.0 Å². The Morgan fingerprint density at radius 1 is 1.35 bits per heavy atom. The van der Waals surface area contributed by atoms with Crippen molar-refractivity contribution in [2.24, 2.45) is 0 Å². The highest BCUT2D eigenvalue weighted by Crippen LogP contribution is 2.34. The lowest BCUT2D eigenvalue weighted by Crippen LogP contribution is -2.54. The lowest BCUT2D eigenvalue weighted by atomic mass is 10.1. The maximum absolute atomic E-state index is 13.8. The molecule has 2 amide bonds. The van der Waals surface area contributed by atoms with Gasteiger partial charge in [0.25, 0.3) is 0 Å². The largest absolute Gasteiger partial charge is 0.489 e. The standard InChI is InChI=1S/C21H21BrF2N4O3/c1-28-18-7-14(22)3-5-19(18)31-11-17(20(28)29)27-21(30)26-10-12(9-25)6-13-2-4-15(23)8-16(13)24/h2-5,7-10,17,20,25,29H,6,11H2,1H3,(H2,26,27,30)/b12-10-,25-9?. The van der Waals surface area contributed by atoms with Gasteiger partial charge in [0, 0.05) is 36.4 Å². The van der Waals surface area contributed by atoms with E-state index in [1.807, 2.05) is 6.07 Å². The molecule has 2 aromatic rings. The van der Waals surface area contributed by atoms with Crippen LogP contribution in [0.25, 0.3) is 0 Å². The van der Waals surface area contributed by atoms with Crippen LogP contribution in [0.2, 0.25) is 0 Å². The number of anilines is 1. The molecule has 1 aliphatic heterocycles. The van der Waals surface area contributed by atoms with E-state index in [1.165, 1.54) is 12.3 Å². The highest BCUT2D eigenvalue weighted by atomic mass is 79.9. The van der Waals surface area contributed by atoms with E-state index in [1.54, 1.807) is 24.1 Å². The molecule has 31 heavy (non-hydrogen) atoms. The van der Waals surface area contributed by atoms with E-state index in [0.29, 0.717) is 17.0 Å². The number of nitrogens with one attached hydrogen (secondary N) is 3. The van der Waals surface area contributed by atoms with Crippen molar-refractivity contribution in [1.82, 2.24) is 10.6 Å². The van der Waals surface area contributed by atoms with Gasteiger partial charge < -0.3 is 30.8 Å². The number of aliphatic hydroxyl groups excluding tert-OH is 1. The minimum absolute atomic E-state index is 0.00200. The molecule has 4 N–H and O–H groups in total. The summed E-state index contributed by atoms with van der Waals surface area (Å²) in [5, 5.41) is 23.2. The molecule has 2 atom stereocenters. The summed E-state index contributed by atoms with van der Waals surface area (Å²) in [6, 6.07) is 7.17. The molecule has 1 heterocycles. The topological polar surface area (TPSA) is 97.7 Å². The van der Waals surface area contributed by atoms with E-state index >= 15 is 0 Å². The maximum atomic E-state index is 13.8. The molecule has 164 valence electrons. The normalized spacial score (nSPS) is 18.5. The molecule has 1 aliphatic rings. The second kappa shape index (κ2) is 9.88. The first-order valence-electron chi connectivity index (χ1n) is 9.32. The molecule has 0 saturated heterocycles. The van der Waals surface area contributed by atoms with Crippen LogP contribution in [0.3, 0.4) is 0 Å². The average molecular weight is 495 g/mol. The molecular formula is C21H21BrF2N4O3. The number of likely N-dealkylation sites (N-methyl/N-ethyl adjacent to an activating group) is 1. The Morgan fingerprint density at radius 2 is 2.13 bits per heavy atom. The van der Waals surface area contributed by atoms with Crippen molar-refractivity contribution in [2.75, 3.05) is 18.6 Å². The molecule has 7 nitrogen and oxygen atoms in total. The van der Waals surface area contributed by atoms with Gasteiger partial charge >= 0.3 is 6.03 Å². The number of fused-ring (bicyclic) bond motifs is 1. The maximum Gasteiger partial charge on any atom is 0.319 e. The fourth-order valence-corrected chi connectivity index (χ4v) is 3.43. The number of hydrogen-bond acceptors (Lipinski definition) is 5. The lowest BCUT2D eigenvalue weighted by molar-refractivity contribution is 0.110. The van der Waals surface area contributed by atoms with Gasteiger partial charge in [-0.15, -0.1) is 0 Å². The SMILES string of the molecule is CN1c2cc(Br)ccc2OCC(NC(=O)N/C=C(\C=N)Cc2ccc(F)cc2F)C1O. The highest BCUT2D eigenvalue weighted by molar-refractivity contribution is 9.10. The first-order chi connectivity index (χ1) is 14.8. The van der Waals surface area contributed by atoms with Crippen LogP contribution in [0.4, 0.5) is 19.3 Å². The third kappa shape index (κ3) is 5.59. The van der Waals surface area contributed by atoms with E-state index in [2.05, 4.69) is 26.6 Å². The smallest absolute Gasteiger partial charge is 0.319 e. The van der Waals surface area contributed by atoms with Gasteiger partial charge in [-0.3, -0.25) is 0 Å². The summed E-state index contributed by atoms with van der Waals surface area (Å²) in [5.74, 6) is -0.852. The molecule has 0 spiro atoms. The number of carbonyl (C=O) groups is 1. The van der Waals surface area contributed by atoms with Gasteiger partial charge in [-0.1, -0.05) is 22.0 Å². The number of rotatable bonds is 5. The summed E-state index contributed by atoms with van der Waals surface area (Å²) in [7, 11) is 1.68. The first-order valence-corrected chi connectivity index (χ1v) is 10.1. The molecule has 2 unspecified atom stereocenters. The summed E-state index contributed by atoms with van der Waals surface area (Å²) in [5.41, 5.74) is 1.16. The molecule has 0 aromatic heterocycles. The number of aliphatic hydroxyl groups is 1. The molecular weight excluding hydrogens is 474 g/mol. The Kier molecular flexibility index (Phi) is 7.24. The number of nitrogens with zero attached hydrogens (tertiary/aromatic N) is 1. The molecule has 2 aromatic carbocycles. The molecule has 0 radical (unpaired) electrons. The van der Waals surface area contributed by atoms with Crippen molar-refractivity contribution in [3.63, 3.8) is 0 Å². The average Bonchev–Trinajstić information content (AvgIpc) is 2.85. The van der Waals surface area contributed by atoms with Gasteiger partial charge in [-0.25, -0.2) is 13.6 Å². The van der Waals surface area contributed by atoms with Crippen LogP contribution >= 0.6 is 15.9 Å². The van der Waals surface area contributed by atoms with Gasteiger partial charge in [0.15, 0.2) is 6.23 Å². The van der Waals surface area contributed by atoms with Gasteiger partial charge in [-0.05, 0) is 35.4 Å². The van der Waals surface area contributed by atoms with Crippen LogP contribution in [0.1, 0.15) is 5.56 Å². The van der Waals surface area contributed by atoms with E-state index in [0.717, 1.165) is 22.8 Å². The molecule has 0 aliphatic carbocycles. The Morgan fingerprint density at radius 3 is 2.84 bits per heavy atom. The number of allylic oxidation sites excluding steroid dienone is 1. The minimum Gasteiger partial charge on any atom is -0.489 e. The fourth-order valence-electron chi connectivity index (χ4n) is 3.08. The van der Waals surface area contributed by atoms with Crippen LogP contribution in [0.5, 0.6) is 5.75 Å². The minimum atomic E-state index is -1.05. The Hall–Kier alpha value is -2.98. The zero-order valence-electron chi connectivity index (χ0n) is 16.5. The van der Waals surface area contributed by atoms with Crippen LogP contribution in [-0.2, 0) is 6.42 Å². The summed E-state index contributed by atoms with van der Waals surface area (Å²) in [6.07, 6.45) is 1.17. The van der Waals surface area contributed by atoms with Crippen molar-refractivity contribution in [3.05, 3.63) is 69.8 Å². The van der Waals surface area contributed by atoms with Crippen molar-refractivity contribution < 1.29 is 23.4 Å². The summed E-state index contributed by atoms with van der Waals surface area (Å²) >= 11 is 3.38. The van der Waals surface area contributed by atoms with Crippen LogP contribution in [0.15, 0.2) is 52.6 Å². The van der Waals surface area contributed by atoms with Crippen molar-refractivity contribution in [3.8, 4) is 5.75 Å². The zero-order chi connectivity index (χ0) is 22.5. The summed E-state index contributed by atoms with van der Waals surface area (Å²) < 4.78 is 33.4. The van der Waals surface area contributed by atoms with Gasteiger partial charge in [0.1, 0.15) is 30.0 Å². The number of ether oxygens (including phenoxy) is 1. The van der Waals surface area contributed by atoms with Crippen molar-refractivity contribution in [2.45, 2.75) is 18.7 Å².